The van der Waals surface area contributed by atoms with Crippen LogP contribution in [0, 0.1) is 0 Å². The Hall–Kier alpha value is -0.240. The number of nitrogens with zero attached hydrogens (tertiary/aromatic N) is 2. The molecule has 3 nitrogen and oxygen atoms in total. The van der Waals surface area contributed by atoms with Crippen molar-refractivity contribution in [2.45, 2.75) is 13.8 Å². The number of aromatic nitrogens is 1. The monoisotopic (exact) mass is 422 g/mol. The van der Waals surface area contributed by atoms with Gasteiger partial charge in [0.2, 0.25) is 5.78 Å². The number of hydrogen-bond acceptors (Lipinski definition) is 5. The standard InChI is InChI=1S/C12H12Br2N2OS2/c1-3-16(4-2)12-15-6-9(19-12)10(17)8-5-7(13)11(14)18-8/h5-6H,3-4H2,1-2H3. The van der Waals surface area contributed by atoms with E-state index < -0.39 is 0 Å². The molecule has 0 saturated carbocycles. The van der Waals surface area contributed by atoms with Crippen molar-refractivity contribution in [3.8, 4) is 0 Å². The molecule has 7 heteroatoms. The molecule has 2 rings (SSSR count). The second kappa shape index (κ2) is 6.47. The minimum Gasteiger partial charge on any atom is -0.349 e. The second-order valence-electron chi connectivity index (χ2n) is 3.74. The average molecular weight is 424 g/mol. The Labute approximate surface area is 136 Å². The lowest BCUT2D eigenvalue weighted by Gasteiger charge is -2.16. The lowest BCUT2D eigenvalue weighted by Crippen LogP contribution is -2.21. The topological polar surface area (TPSA) is 33.2 Å². The molecule has 0 atom stereocenters. The Morgan fingerprint density at radius 2 is 1.95 bits per heavy atom. The number of carbonyl (C=O) groups excluding carboxylic acids is 1. The van der Waals surface area contributed by atoms with Crippen LogP contribution in [0.3, 0.4) is 0 Å². The summed E-state index contributed by atoms with van der Waals surface area (Å²) in [6.45, 7) is 5.96. The van der Waals surface area contributed by atoms with Gasteiger partial charge in [0.15, 0.2) is 5.13 Å². The number of thiazole rings is 1. The van der Waals surface area contributed by atoms with Gasteiger partial charge in [0.05, 0.1) is 19.7 Å². The number of rotatable bonds is 5. The lowest BCUT2D eigenvalue weighted by molar-refractivity contribution is 0.104. The molecule has 0 aliphatic rings. The molecule has 0 saturated heterocycles. The van der Waals surface area contributed by atoms with Crippen LogP contribution in [0.4, 0.5) is 5.13 Å². The highest BCUT2D eigenvalue weighted by Crippen LogP contribution is 2.34. The predicted octanol–water partition coefficient (Wildman–Crippen LogP) is 4.81. The molecule has 2 aromatic heterocycles. The second-order valence-corrected chi connectivity index (χ2v) is 7.97. The van der Waals surface area contributed by atoms with Gasteiger partial charge in [-0.15, -0.1) is 11.3 Å². The number of halogens is 2. The largest absolute Gasteiger partial charge is 0.349 e. The van der Waals surface area contributed by atoms with E-state index >= 15 is 0 Å². The van der Waals surface area contributed by atoms with Crippen molar-refractivity contribution in [3.05, 3.63) is 30.3 Å². The molecule has 0 aliphatic carbocycles. The summed E-state index contributed by atoms with van der Waals surface area (Å²) in [5.74, 6) is 0.0345. The molecule has 0 unspecified atom stereocenters. The van der Waals surface area contributed by atoms with Crippen molar-refractivity contribution in [2.24, 2.45) is 0 Å². The van der Waals surface area contributed by atoms with Crippen LogP contribution in [0.5, 0.6) is 0 Å². The van der Waals surface area contributed by atoms with Crippen LogP contribution in [0.25, 0.3) is 0 Å². The van der Waals surface area contributed by atoms with Crippen molar-refractivity contribution in [1.82, 2.24) is 4.98 Å². The number of carbonyl (C=O) groups is 1. The summed E-state index contributed by atoms with van der Waals surface area (Å²) >= 11 is 9.69. The molecular formula is C12H12Br2N2OS2. The fraction of sp³-hybridized carbons (Fsp3) is 0.333. The van der Waals surface area contributed by atoms with Crippen LogP contribution in [0.15, 0.2) is 20.5 Å². The smallest absolute Gasteiger partial charge is 0.214 e. The highest BCUT2D eigenvalue weighted by atomic mass is 79.9. The van der Waals surface area contributed by atoms with E-state index in [2.05, 4.69) is 55.6 Å². The zero-order valence-corrected chi connectivity index (χ0v) is 15.2. The molecule has 0 spiro atoms. The average Bonchev–Trinajstić information content (AvgIpc) is 2.99. The van der Waals surface area contributed by atoms with E-state index in [9.17, 15) is 4.79 Å². The van der Waals surface area contributed by atoms with Crippen LogP contribution < -0.4 is 4.90 Å². The van der Waals surface area contributed by atoms with Crippen molar-refractivity contribution < 1.29 is 4.79 Å². The third-order valence-electron chi connectivity index (χ3n) is 2.62. The van der Waals surface area contributed by atoms with Gasteiger partial charge >= 0.3 is 0 Å². The molecule has 2 heterocycles. The molecule has 0 N–H and O–H groups in total. The summed E-state index contributed by atoms with van der Waals surface area (Å²) in [6.07, 6.45) is 1.67. The fourth-order valence-corrected chi connectivity index (χ4v) is 4.64. The highest BCUT2D eigenvalue weighted by Gasteiger charge is 2.18. The molecule has 19 heavy (non-hydrogen) atoms. The predicted molar refractivity (Wildman–Crippen MR) is 88.8 cm³/mol. The Bertz CT molecular complexity index is 571. The normalized spacial score (nSPS) is 10.7. The van der Waals surface area contributed by atoms with E-state index in [1.54, 1.807) is 6.20 Å². The molecule has 0 aliphatic heterocycles. The van der Waals surface area contributed by atoms with Gasteiger partial charge < -0.3 is 4.90 Å². The molecule has 2 aromatic rings. The zero-order valence-electron chi connectivity index (χ0n) is 10.4. The maximum atomic E-state index is 12.3. The van der Waals surface area contributed by atoms with Crippen molar-refractivity contribution in [3.63, 3.8) is 0 Å². The fourth-order valence-electron chi connectivity index (χ4n) is 1.59. The van der Waals surface area contributed by atoms with Crippen LogP contribution in [0.1, 0.15) is 28.4 Å². The molecule has 0 amide bonds. The minimum absolute atomic E-state index is 0.0345. The SMILES string of the molecule is CCN(CC)c1ncc(C(=O)c2cc(Br)c(Br)s2)s1. The third kappa shape index (κ3) is 3.26. The Morgan fingerprint density at radius 3 is 2.47 bits per heavy atom. The van der Waals surface area contributed by atoms with Crippen molar-refractivity contribution in [1.29, 1.82) is 0 Å². The van der Waals surface area contributed by atoms with Gasteiger partial charge in [-0.25, -0.2) is 4.98 Å². The Morgan fingerprint density at radius 1 is 1.26 bits per heavy atom. The molecule has 0 fully saturated rings. The van der Waals surface area contributed by atoms with Gasteiger partial charge in [0, 0.05) is 17.6 Å². The van der Waals surface area contributed by atoms with Crippen LogP contribution in [-0.2, 0) is 0 Å². The first-order valence-electron chi connectivity index (χ1n) is 5.77. The third-order valence-corrected chi connectivity index (χ3v) is 6.93. The van der Waals surface area contributed by atoms with Gasteiger partial charge in [-0.1, -0.05) is 11.3 Å². The molecule has 102 valence electrons. The maximum Gasteiger partial charge on any atom is 0.214 e. The summed E-state index contributed by atoms with van der Waals surface area (Å²) < 4.78 is 1.85. The number of anilines is 1. The molecule has 0 aromatic carbocycles. The van der Waals surface area contributed by atoms with Gasteiger partial charge in [-0.3, -0.25) is 4.79 Å². The zero-order chi connectivity index (χ0) is 14.0. The van der Waals surface area contributed by atoms with E-state index in [1.807, 2.05) is 6.07 Å². The summed E-state index contributed by atoms with van der Waals surface area (Å²) in [5.41, 5.74) is 0. The summed E-state index contributed by atoms with van der Waals surface area (Å²) in [6, 6.07) is 1.84. The number of hydrogen-bond donors (Lipinski definition) is 0. The van der Waals surface area contributed by atoms with Gasteiger partial charge in [-0.2, -0.15) is 0 Å². The van der Waals surface area contributed by atoms with Crippen LogP contribution in [0.2, 0.25) is 0 Å². The van der Waals surface area contributed by atoms with Crippen molar-refractivity contribution >= 4 is 65.4 Å². The Balaban J connectivity index is 2.25. The minimum atomic E-state index is 0.0345. The summed E-state index contributed by atoms with van der Waals surface area (Å²) in [4.78, 5) is 20.2. The molecular weight excluding hydrogens is 412 g/mol. The van der Waals surface area contributed by atoms with E-state index in [4.69, 9.17) is 0 Å². The Kier molecular flexibility index (Phi) is 5.16. The van der Waals surface area contributed by atoms with Gasteiger partial charge in [-0.05, 0) is 51.8 Å². The quantitative estimate of drug-likeness (QED) is 0.647. The first-order chi connectivity index (χ1) is 9.06. The first kappa shape index (κ1) is 15.2. The van der Waals surface area contributed by atoms with Crippen molar-refractivity contribution in [2.75, 3.05) is 18.0 Å². The van der Waals surface area contributed by atoms with E-state index in [0.717, 1.165) is 26.5 Å². The van der Waals surface area contributed by atoms with Crippen LogP contribution >= 0.6 is 54.5 Å². The van der Waals surface area contributed by atoms with Gasteiger partial charge in [0.1, 0.15) is 0 Å². The van der Waals surface area contributed by atoms with Gasteiger partial charge in [0.25, 0.3) is 0 Å². The first-order valence-corrected chi connectivity index (χ1v) is 8.99. The summed E-state index contributed by atoms with van der Waals surface area (Å²) in [7, 11) is 0. The molecule has 0 radical (unpaired) electrons. The number of thiophene rings is 1. The van der Waals surface area contributed by atoms with E-state index in [0.29, 0.717) is 9.75 Å². The highest BCUT2D eigenvalue weighted by molar-refractivity contribution is 9.13. The van der Waals surface area contributed by atoms with E-state index in [1.165, 1.54) is 22.7 Å². The lowest BCUT2D eigenvalue weighted by atomic mass is 10.3. The number of ketones is 1. The molecule has 0 bridgehead atoms. The maximum absolute atomic E-state index is 12.3. The van der Waals surface area contributed by atoms with E-state index in [-0.39, 0.29) is 5.78 Å². The summed E-state index contributed by atoms with van der Waals surface area (Å²) in [5, 5.41) is 0.906. The van der Waals surface area contributed by atoms with Crippen LogP contribution in [-0.4, -0.2) is 23.9 Å².